The second kappa shape index (κ2) is 8.65. The van der Waals surface area contributed by atoms with Crippen LogP contribution in [0.3, 0.4) is 0 Å². The molecule has 2 aromatic rings. The van der Waals surface area contributed by atoms with Crippen molar-refractivity contribution >= 4 is 17.6 Å². The van der Waals surface area contributed by atoms with Gasteiger partial charge in [-0.2, -0.15) is 0 Å². The predicted molar refractivity (Wildman–Crippen MR) is 110 cm³/mol. The number of hydrogen-bond donors (Lipinski definition) is 0. The van der Waals surface area contributed by atoms with Crippen LogP contribution in [-0.2, 0) is 4.79 Å². The van der Waals surface area contributed by atoms with Gasteiger partial charge in [0.1, 0.15) is 5.75 Å². The van der Waals surface area contributed by atoms with E-state index < -0.39 is 11.6 Å². The summed E-state index contributed by atoms with van der Waals surface area (Å²) in [6.07, 6.45) is 3.69. The van der Waals surface area contributed by atoms with Gasteiger partial charge in [-0.05, 0) is 43.2 Å². The maximum absolute atomic E-state index is 12.7. The second-order valence-electron chi connectivity index (χ2n) is 7.08. The molecule has 0 atom stereocenters. The highest BCUT2D eigenvalue weighted by molar-refractivity contribution is 5.93. The number of benzene rings is 1. The molecule has 0 bridgehead atoms. The van der Waals surface area contributed by atoms with Gasteiger partial charge in [-0.3, -0.25) is 14.5 Å². The van der Waals surface area contributed by atoms with Crippen molar-refractivity contribution in [1.82, 2.24) is 9.47 Å². The summed E-state index contributed by atoms with van der Waals surface area (Å²) >= 11 is 0. The number of nitrogens with zero attached hydrogens (tertiary/aromatic N) is 3. The van der Waals surface area contributed by atoms with E-state index in [1.807, 2.05) is 12.1 Å². The number of likely N-dealkylation sites (N-methyl/N-ethyl adjacent to an activating group) is 1. The number of carbonyl (C=O) groups excluding carboxylic acids is 2. The third kappa shape index (κ3) is 5.26. The molecule has 0 N–H and O–H groups in total. The molecule has 3 rings (SSSR count). The van der Waals surface area contributed by atoms with Gasteiger partial charge in [-0.1, -0.05) is 11.8 Å². The van der Waals surface area contributed by atoms with E-state index in [0.29, 0.717) is 11.6 Å². The lowest BCUT2D eigenvalue weighted by Gasteiger charge is -2.18. The Hall–Kier alpha value is -3.53. The standard InChI is InChI=1S/C22H23N3O4/c1-23(2)21(27)15-29-19-12-13-25(20(26)14-19)22(28)24(3)18-10-8-17(9-11-18)7-6-16-4-5-16/h8-14,16H,4-5,15H2,1-3H3. The Labute approximate surface area is 169 Å². The normalized spacial score (nSPS) is 12.5. The van der Waals surface area contributed by atoms with Gasteiger partial charge in [0.25, 0.3) is 11.5 Å². The molecule has 0 unspecified atom stereocenters. The molecule has 0 aliphatic heterocycles. The van der Waals surface area contributed by atoms with Crippen LogP contribution in [0.2, 0.25) is 0 Å². The molecule has 1 aliphatic carbocycles. The van der Waals surface area contributed by atoms with Gasteiger partial charge in [0.15, 0.2) is 6.61 Å². The van der Waals surface area contributed by atoms with Gasteiger partial charge >= 0.3 is 6.03 Å². The first kappa shape index (κ1) is 20.2. The number of rotatable bonds is 4. The molecule has 7 nitrogen and oxygen atoms in total. The van der Waals surface area contributed by atoms with E-state index in [1.54, 1.807) is 33.3 Å². The first-order valence-corrected chi connectivity index (χ1v) is 9.30. The molecule has 1 aliphatic rings. The van der Waals surface area contributed by atoms with E-state index in [9.17, 15) is 14.4 Å². The van der Waals surface area contributed by atoms with Gasteiger partial charge in [0.05, 0.1) is 0 Å². The fourth-order valence-corrected chi connectivity index (χ4v) is 2.44. The maximum Gasteiger partial charge on any atom is 0.335 e. The van der Waals surface area contributed by atoms with E-state index in [0.717, 1.165) is 10.1 Å². The fourth-order valence-electron chi connectivity index (χ4n) is 2.44. The van der Waals surface area contributed by atoms with Crippen LogP contribution in [0.4, 0.5) is 10.5 Å². The average Bonchev–Trinajstić information content (AvgIpc) is 3.54. The lowest BCUT2D eigenvalue weighted by atomic mass is 10.2. The average molecular weight is 393 g/mol. The molecule has 29 heavy (non-hydrogen) atoms. The lowest BCUT2D eigenvalue weighted by molar-refractivity contribution is -0.130. The molecule has 150 valence electrons. The van der Waals surface area contributed by atoms with E-state index in [2.05, 4.69) is 11.8 Å². The summed E-state index contributed by atoms with van der Waals surface area (Å²) in [5.74, 6) is 6.85. The van der Waals surface area contributed by atoms with Crippen molar-refractivity contribution in [3.05, 3.63) is 58.5 Å². The third-order valence-electron chi connectivity index (χ3n) is 4.50. The number of anilines is 1. The van der Waals surface area contributed by atoms with E-state index in [1.165, 1.54) is 41.0 Å². The molecular weight excluding hydrogens is 370 g/mol. The highest BCUT2D eigenvalue weighted by Gasteiger charge is 2.18. The maximum atomic E-state index is 12.7. The number of hydrogen-bond acceptors (Lipinski definition) is 4. The van der Waals surface area contributed by atoms with Crippen LogP contribution in [0.15, 0.2) is 47.4 Å². The van der Waals surface area contributed by atoms with Crippen LogP contribution in [0.25, 0.3) is 0 Å². The van der Waals surface area contributed by atoms with Gasteiger partial charge in [0.2, 0.25) is 0 Å². The minimum absolute atomic E-state index is 0.180. The number of carbonyl (C=O) groups is 2. The molecule has 1 fully saturated rings. The predicted octanol–water partition coefficient (Wildman–Crippen LogP) is 2.18. The fraction of sp³-hybridized carbons (Fsp3) is 0.318. The first-order chi connectivity index (χ1) is 13.8. The summed E-state index contributed by atoms with van der Waals surface area (Å²) in [6, 6.07) is 9.47. The van der Waals surface area contributed by atoms with Crippen molar-refractivity contribution in [3.63, 3.8) is 0 Å². The smallest absolute Gasteiger partial charge is 0.335 e. The van der Waals surface area contributed by atoms with Crippen molar-refractivity contribution in [3.8, 4) is 17.6 Å². The number of pyridine rings is 1. The highest BCUT2D eigenvalue weighted by atomic mass is 16.5. The number of aromatic nitrogens is 1. The van der Waals surface area contributed by atoms with Crippen molar-refractivity contribution < 1.29 is 14.3 Å². The topological polar surface area (TPSA) is 71.8 Å². The summed E-state index contributed by atoms with van der Waals surface area (Å²) < 4.78 is 6.29. The highest BCUT2D eigenvalue weighted by Crippen LogP contribution is 2.27. The molecule has 0 saturated heterocycles. The zero-order valence-corrected chi connectivity index (χ0v) is 16.7. The minimum atomic E-state index is -0.538. The molecule has 1 aromatic heterocycles. The second-order valence-corrected chi connectivity index (χ2v) is 7.08. The third-order valence-corrected chi connectivity index (χ3v) is 4.50. The van der Waals surface area contributed by atoms with Crippen LogP contribution in [-0.4, -0.2) is 49.2 Å². The van der Waals surface area contributed by atoms with Gasteiger partial charge in [-0.25, -0.2) is 9.36 Å². The Morgan fingerprint density at radius 3 is 2.41 bits per heavy atom. The first-order valence-electron chi connectivity index (χ1n) is 9.30. The van der Waals surface area contributed by atoms with Crippen LogP contribution >= 0.6 is 0 Å². The van der Waals surface area contributed by atoms with Gasteiger partial charge < -0.3 is 9.64 Å². The van der Waals surface area contributed by atoms with Crippen LogP contribution in [0, 0.1) is 17.8 Å². The van der Waals surface area contributed by atoms with Crippen LogP contribution in [0.5, 0.6) is 5.75 Å². The Bertz CT molecular complexity index is 1020. The largest absolute Gasteiger partial charge is 0.484 e. The van der Waals surface area contributed by atoms with E-state index in [-0.39, 0.29) is 18.3 Å². The van der Waals surface area contributed by atoms with Crippen molar-refractivity contribution in [2.24, 2.45) is 5.92 Å². The van der Waals surface area contributed by atoms with Crippen LogP contribution < -0.4 is 15.2 Å². The Balaban J connectivity index is 1.68. The molecular formula is C22H23N3O4. The van der Waals surface area contributed by atoms with Crippen LogP contribution in [0.1, 0.15) is 18.4 Å². The lowest BCUT2D eigenvalue weighted by Crippen LogP contribution is -2.37. The van der Waals surface area contributed by atoms with Gasteiger partial charge in [-0.15, -0.1) is 0 Å². The Kier molecular flexibility index (Phi) is 6.03. The number of ether oxygens (including phenoxy) is 1. The zero-order valence-electron chi connectivity index (χ0n) is 16.7. The van der Waals surface area contributed by atoms with Crippen molar-refractivity contribution in [2.45, 2.75) is 12.8 Å². The van der Waals surface area contributed by atoms with Crippen molar-refractivity contribution in [1.29, 1.82) is 0 Å². The Morgan fingerprint density at radius 1 is 1.14 bits per heavy atom. The summed E-state index contributed by atoms with van der Waals surface area (Å²) in [5.41, 5.74) is 1.01. The molecule has 1 aromatic carbocycles. The van der Waals surface area contributed by atoms with Gasteiger partial charge in [0, 0.05) is 50.6 Å². The summed E-state index contributed by atoms with van der Waals surface area (Å²) in [4.78, 5) is 39.4. The van der Waals surface area contributed by atoms with E-state index >= 15 is 0 Å². The monoisotopic (exact) mass is 393 g/mol. The molecule has 1 saturated carbocycles. The molecule has 1 heterocycles. The quantitative estimate of drug-likeness (QED) is 0.747. The Morgan fingerprint density at radius 2 is 1.83 bits per heavy atom. The molecule has 7 heteroatoms. The van der Waals surface area contributed by atoms with E-state index in [4.69, 9.17) is 4.74 Å². The number of amides is 2. The molecule has 2 amide bonds. The molecule has 0 spiro atoms. The SMILES string of the molecule is CN(C)C(=O)COc1ccn(C(=O)N(C)c2ccc(C#CC3CC3)cc2)c(=O)c1. The summed E-state index contributed by atoms with van der Waals surface area (Å²) in [6.45, 7) is -0.180. The van der Waals surface area contributed by atoms with Crippen molar-refractivity contribution in [2.75, 3.05) is 32.6 Å². The zero-order chi connectivity index (χ0) is 21.0. The molecule has 0 radical (unpaired) electrons. The summed E-state index contributed by atoms with van der Waals surface area (Å²) in [5, 5.41) is 0. The summed E-state index contributed by atoms with van der Waals surface area (Å²) in [7, 11) is 4.83. The minimum Gasteiger partial charge on any atom is -0.484 e.